The van der Waals surface area contributed by atoms with Gasteiger partial charge < -0.3 is 10.4 Å². The van der Waals surface area contributed by atoms with E-state index in [2.05, 4.69) is 5.32 Å². The van der Waals surface area contributed by atoms with E-state index in [1.165, 1.54) is 17.2 Å². The number of hydroxylamine groups is 2. The third kappa shape index (κ3) is 2.12. The molecular weight excluding hydrogens is 268 g/mol. The average Bonchev–Trinajstić information content (AvgIpc) is 2.44. The van der Waals surface area contributed by atoms with Crippen LogP contribution in [-0.2, 0) is 5.21 Å². The van der Waals surface area contributed by atoms with Gasteiger partial charge in [-0.3, -0.25) is 4.79 Å². The summed E-state index contributed by atoms with van der Waals surface area (Å²) in [5.74, 6) is 0.630. The number of nitrogens with zero attached hydrogens (tertiary/aromatic N) is 1. The van der Waals surface area contributed by atoms with E-state index in [-0.39, 0.29) is 29.3 Å². The van der Waals surface area contributed by atoms with Crippen LogP contribution in [0.5, 0.6) is 5.75 Å². The predicted molar refractivity (Wildman–Crippen MR) is 75.0 cm³/mol. The third-order valence-electron chi connectivity index (χ3n) is 5.37. The Labute approximate surface area is 123 Å². The van der Waals surface area contributed by atoms with Crippen molar-refractivity contribution in [3.8, 4) is 5.75 Å². The minimum Gasteiger partial charge on any atom is -0.508 e. The second-order valence-electron chi connectivity index (χ2n) is 6.90. The van der Waals surface area contributed by atoms with Gasteiger partial charge in [-0.2, -0.15) is 0 Å². The number of nitrogens with one attached hydrogen (secondary N) is 1. The zero-order chi connectivity index (χ0) is 14.6. The second-order valence-corrected chi connectivity index (χ2v) is 6.90. The summed E-state index contributed by atoms with van der Waals surface area (Å²) in [4.78, 5) is 12.4. The lowest BCUT2D eigenvalue weighted by Crippen LogP contribution is -2.68. The summed E-state index contributed by atoms with van der Waals surface area (Å²) in [5.41, 5.74) is 0.356. The zero-order valence-corrected chi connectivity index (χ0v) is 11.8. The molecule has 2 aliphatic carbocycles. The Morgan fingerprint density at radius 1 is 1.14 bits per heavy atom. The van der Waals surface area contributed by atoms with Crippen LogP contribution in [0.25, 0.3) is 0 Å². The molecule has 5 rings (SSSR count). The van der Waals surface area contributed by atoms with Gasteiger partial charge in [0.05, 0.1) is 0 Å². The van der Waals surface area contributed by atoms with Crippen molar-refractivity contribution >= 4 is 5.91 Å². The summed E-state index contributed by atoms with van der Waals surface area (Å²) in [6.45, 7) is 0. The molecule has 2 aliphatic heterocycles. The zero-order valence-electron chi connectivity index (χ0n) is 11.8. The normalized spacial score (nSPS) is 37.7. The summed E-state index contributed by atoms with van der Waals surface area (Å²) >= 11 is 0. The monoisotopic (exact) mass is 287 g/mol. The number of phenolic OH excluding ortho intramolecular Hbond substituents is 1. The van der Waals surface area contributed by atoms with Crippen LogP contribution in [0.1, 0.15) is 42.5 Å². The quantitative estimate of drug-likeness (QED) is 0.872. The maximum Gasteiger partial charge on any atom is 0.251 e. The summed E-state index contributed by atoms with van der Waals surface area (Å²) in [6.07, 6.45) is 4.51. The van der Waals surface area contributed by atoms with Crippen molar-refractivity contribution < 1.29 is 15.1 Å². The van der Waals surface area contributed by atoms with E-state index in [0.717, 1.165) is 32.1 Å². The van der Waals surface area contributed by atoms with Crippen LogP contribution in [0.15, 0.2) is 24.3 Å². The molecule has 0 aromatic heterocycles. The first-order valence-corrected chi connectivity index (χ1v) is 7.62. The molecule has 5 nitrogen and oxygen atoms in total. The van der Waals surface area contributed by atoms with Crippen LogP contribution in [0.3, 0.4) is 0 Å². The highest BCUT2D eigenvalue weighted by molar-refractivity contribution is 5.94. The summed E-state index contributed by atoms with van der Waals surface area (Å²) in [5, 5.41) is 25.9. The van der Waals surface area contributed by atoms with Gasteiger partial charge in [-0.1, -0.05) is 0 Å². The number of piperidine rings is 2. The lowest BCUT2D eigenvalue weighted by atomic mass is 9.60. The van der Waals surface area contributed by atoms with Gasteiger partial charge in [0.15, 0.2) is 0 Å². The summed E-state index contributed by atoms with van der Waals surface area (Å²) in [7, 11) is 0. The SMILES string of the molecule is [O]N1C2CC3CC1CC(NC(=O)c1ccc(O)cc1)(C3)C2. The molecule has 4 aliphatic rings. The molecule has 1 aromatic carbocycles. The maximum absolute atomic E-state index is 12.4. The van der Waals surface area contributed by atoms with Crippen LogP contribution in [0.2, 0.25) is 0 Å². The first-order chi connectivity index (χ1) is 10.0. The van der Waals surface area contributed by atoms with E-state index >= 15 is 0 Å². The number of phenols is 1. The number of carbonyl (C=O) groups excluding carboxylic acids is 1. The molecule has 2 saturated carbocycles. The lowest BCUT2D eigenvalue weighted by Gasteiger charge is -2.58. The number of aromatic hydroxyl groups is 1. The number of amides is 1. The van der Waals surface area contributed by atoms with Crippen molar-refractivity contribution in [2.24, 2.45) is 5.92 Å². The third-order valence-corrected chi connectivity index (χ3v) is 5.37. The van der Waals surface area contributed by atoms with Gasteiger partial charge in [0.25, 0.3) is 5.91 Å². The predicted octanol–water partition coefficient (Wildman–Crippen LogP) is 1.85. The standard InChI is InChI=1S/C16H19N2O3/c19-14-3-1-11(2-4-14)15(20)17-16-7-10-5-12(8-16)18(21)13(6-10)9-16/h1-4,10,12-13,19H,5-9H2,(H,17,20). The fourth-order valence-corrected chi connectivity index (χ4v) is 4.67. The van der Waals surface area contributed by atoms with Crippen LogP contribution in [0, 0.1) is 5.92 Å². The highest BCUT2D eigenvalue weighted by Gasteiger charge is 2.55. The van der Waals surface area contributed by atoms with Gasteiger partial charge in [0.1, 0.15) is 5.75 Å². The molecule has 4 fully saturated rings. The number of hydrogen-bond acceptors (Lipinski definition) is 3. The molecule has 1 amide bonds. The lowest BCUT2D eigenvalue weighted by molar-refractivity contribution is -0.276. The Morgan fingerprint density at radius 2 is 1.76 bits per heavy atom. The Balaban J connectivity index is 1.54. The molecule has 21 heavy (non-hydrogen) atoms. The van der Waals surface area contributed by atoms with Crippen molar-refractivity contribution in [3.05, 3.63) is 29.8 Å². The number of benzene rings is 1. The minimum atomic E-state index is -0.202. The Morgan fingerprint density at radius 3 is 2.38 bits per heavy atom. The van der Waals surface area contributed by atoms with E-state index in [1.807, 2.05) is 0 Å². The van der Waals surface area contributed by atoms with E-state index in [1.54, 1.807) is 12.1 Å². The molecule has 1 radical (unpaired) electrons. The molecule has 5 heteroatoms. The maximum atomic E-state index is 12.4. The van der Waals surface area contributed by atoms with Gasteiger partial charge in [-0.15, -0.1) is 10.3 Å². The van der Waals surface area contributed by atoms with Crippen molar-refractivity contribution in [3.63, 3.8) is 0 Å². The Bertz CT molecular complexity index is 555. The highest BCUT2D eigenvalue weighted by Crippen LogP contribution is 2.50. The minimum absolute atomic E-state index is 0.0800. The van der Waals surface area contributed by atoms with E-state index in [0.29, 0.717) is 11.5 Å². The van der Waals surface area contributed by atoms with Crippen LogP contribution < -0.4 is 5.32 Å². The largest absolute Gasteiger partial charge is 0.508 e. The first kappa shape index (κ1) is 13.1. The van der Waals surface area contributed by atoms with Crippen molar-refractivity contribution in [2.75, 3.05) is 0 Å². The molecule has 2 N–H and O–H groups in total. The summed E-state index contributed by atoms with van der Waals surface area (Å²) in [6, 6.07) is 6.46. The van der Waals surface area contributed by atoms with Gasteiger partial charge in [0, 0.05) is 23.2 Å². The topological polar surface area (TPSA) is 72.5 Å². The van der Waals surface area contributed by atoms with Crippen LogP contribution in [-0.4, -0.2) is 33.7 Å². The highest BCUT2D eigenvalue weighted by atomic mass is 16.5. The van der Waals surface area contributed by atoms with E-state index in [4.69, 9.17) is 0 Å². The second kappa shape index (κ2) is 4.45. The fourth-order valence-electron chi connectivity index (χ4n) is 4.67. The number of carbonyl (C=O) groups is 1. The molecule has 0 spiro atoms. The van der Waals surface area contributed by atoms with Gasteiger partial charge >= 0.3 is 0 Å². The Hall–Kier alpha value is -1.59. The number of hydrogen-bond donors (Lipinski definition) is 2. The molecule has 2 heterocycles. The Kier molecular flexibility index (Phi) is 2.78. The average molecular weight is 287 g/mol. The molecule has 2 saturated heterocycles. The van der Waals surface area contributed by atoms with Crippen molar-refractivity contribution in [1.82, 2.24) is 10.4 Å². The van der Waals surface area contributed by atoms with Gasteiger partial charge in [0.2, 0.25) is 0 Å². The molecular formula is C16H19N2O3. The van der Waals surface area contributed by atoms with Gasteiger partial charge in [-0.25, -0.2) is 0 Å². The smallest absolute Gasteiger partial charge is 0.251 e. The molecule has 2 unspecified atom stereocenters. The molecule has 4 bridgehead atoms. The van der Waals surface area contributed by atoms with Crippen molar-refractivity contribution in [2.45, 2.75) is 49.7 Å². The number of rotatable bonds is 2. The molecule has 1 aromatic rings. The van der Waals surface area contributed by atoms with Crippen LogP contribution in [0.4, 0.5) is 0 Å². The molecule has 111 valence electrons. The van der Waals surface area contributed by atoms with E-state index < -0.39 is 0 Å². The van der Waals surface area contributed by atoms with Crippen molar-refractivity contribution in [1.29, 1.82) is 0 Å². The van der Waals surface area contributed by atoms with E-state index in [9.17, 15) is 15.1 Å². The summed E-state index contributed by atoms with van der Waals surface area (Å²) < 4.78 is 0. The van der Waals surface area contributed by atoms with Gasteiger partial charge in [-0.05, 0) is 62.3 Å². The first-order valence-electron chi connectivity index (χ1n) is 7.62. The fraction of sp³-hybridized carbons (Fsp3) is 0.562. The molecule has 2 atom stereocenters. The van der Waals surface area contributed by atoms with Crippen LogP contribution >= 0.6 is 0 Å².